The second-order valence-electron chi connectivity index (χ2n) is 3.67. The standard InChI is InChI=1S/C13H15N3/c1-2-10-8-15-13(16-9-10)12-5-3-11(7-14)4-6-12/h3-6,8-9H,2,7,14H2,1H3. The number of aryl methyl sites for hydroxylation is 1. The van der Waals surface area contributed by atoms with Crippen LogP contribution in [-0.2, 0) is 13.0 Å². The van der Waals surface area contributed by atoms with Gasteiger partial charge in [0.05, 0.1) is 0 Å². The Balaban J connectivity index is 2.28. The van der Waals surface area contributed by atoms with Crippen molar-refractivity contribution in [3.05, 3.63) is 47.8 Å². The summed E-state index contributed by atoms with van der Waals surface area (Å²) in [4.78, 5) is 8.67. The van der Waals surface area contributed by atoms with Gasteiger partial charge in [0.15, 0.2) is 5.82 Å². The molecule has 2 rings (SSSR count). The van der Waals surface area contributed by atoms with Crippen LogP contribution in [0.4, 0.5) is 0 Å². The molecule has 0 amide bonds. The van der Waals surface area contributed by atoms with Crippen molar-refractivity contribution >= 4 is 0 Å². The number of rotatable bonds is 3. The molecular weight excluding hydrogens is 198 g/mol. The summed E-state index contributed by atoms with van der Waals surface area (Å²) in [6, 6.07) is 8.02. The molecule has 3 heteroatoms. The average Bonchev–Trinajstić information content (AvgIpc) is 2.39. The van der Waals surface area contributed by atoms with Crippen molar-refractivity contribution in [3.63, 3.8) is 0 Å². The monoisotopic (exact) mass is 213 g/mol. The highest BCUT2D eigenvalue weighted by Gasteiger charge is 2.00. The summed E-state index contributed by atoms with van der Waals surface area (Å²) < 4.78 is 0. The van der Waals surface area contributed by atoms with Gasteiger partial charge < -0.3 is 5.73 Å². The van der Waals surface area contributed by atoms with Crippen LogP contribution in [0.2, 0.25) is 0 Å². The summed E-state index contributed by atoms with van der Waals surface area (Å²) in [7, 11) is 0. The second kappa shape index (κ2) is 4.86. The quantitative estimate of drug-likeness (QED) is 0.850. The number of nitrogens with two attached hydrogens (primary N) is 1. The van der Waals surface area contributed by atoms with Gasteiger partial charge in [0.2, 0.25) is 0 Å². The Bertz CT molecular complexity index is 400. The molecule has 1 aromatic heterocycles. The third-order valence-electron chi connectivity index (χ3n) is 2.56. The van der Waals surface area contributed by atoms with Crippen LogP contribution in [0.15, 0.2) is 36.7 Å². The van der Waals surface area contributed by atoms with Crippen molar-refractivity contribution in [2.24, 2.45) is 5.73 Å². The SMILES string of the molecule is CCc1cnc(-c2ccc(CN)cc2)nc1. The molecule has 0 saturated carbocycles. The maximum Gasteiger partial charge on any atom is 0.159 e. The summed E-state index contributed by atoms with van der Waals surface area (Å²) in [6.45, 7) is 2.66. The lowest BCUT2D eigenvalue weighted by Crippen LogP contribution is -1.96. The molecule has 1 aromatic carbocycles. The van der Waals surface area contributed by atoms with E-state index in [4.69, 9.17) is 5.73 Å². The van der Waals surface area contributed by atoms with Crippen LogP contribution in [0.1, 0.15) is 18.1 Å². The van der Waals surface area contributed by atoms with E-state index in [0.29, 0.717) is 6.54 Å². The highest BCUT2D eigenvalue weighted by molar-refractivity contribution is 5.55. The molecule has 2 aromatic rings. The van der Waals surface area contributed by atoms with Gasteiger partial charge in [-0.1, -0.05) is 31.2 Å². The van der Waals surface area contributed by atoms with Crippen molar-refractivity contribution in [3.8, 4) is 11.4 Å². The van der Waals surface area contributed by atoms with E-state index in [1.165, 1.54) is 0 Å². The van der Waals surface area contributed by atoms with E-state index in [1.54, 1.807) is 0 Å². The predicted octanol–water partition coefficient (Wildman–Crippen LogP) is 2.16. The van der Waals surface area contributed by atoms with Crippen LogP contribution in [0.25, 0.3) is 11.4 Å². The molecule has 0 aliphatic rings. The zero-order chi connectivity index (χ0) is 11.4. The lowest BCUT2D eigenvalue weighted by Gasteiger charge is -2.02. The number of hydrogen-bond acceptors (Lipinski definition) is 3. The average molecular weight is 213 g/mol. The fourth-order valence-corrected chi connectivity index (χ4v) is 1.48. The van der Waals surface area contributed by atoms with Crippen LogP contribution in [0, 0.1) is 0 Å². The van der Waals surface area contributed by atoms with Crippen molar-refractivity contribution in [2.45, 2.75) is 19.9 Å². The fraction of sp³-hybridized carbons (Fsp3) is 0.231. The van der Waals surface area contributed by atoms with E-state index in [9.17, 15) is 0 Å². The topological polar surface area (TPSA) is 51.8 Å². The van der Waals surface area contributed by atoms with Gasteiger partial charge in [-0.25, -0.2) is 9.97 Å². The third-order valence-corrected chi connectivity index (χ3v) is 2.56. The Kier molecular flexibility index (Phi) is 3.27. The molecule has 0 bridgehead atoms. The minimum absolute atomic E-state index is 0.565. The van der Waals surface area contributed by atoms with E-state index in [0.717, 1.165) is 28.9 Å². The number of nitrogens with zero attached hydrogens (tertiary/aromatic N) is 2. The van der Waals surface area contributed by atoms with E-state index >= 15 is 0 Å². The Morgan fingerprint density at radius 1 is 1.00 bits per heavy atom. The zero-order valence-electron chi connectivity index (χ0n) is 9.35. The van der Waals surface area contributed by atoms with Gasteiger partial charge in [-0.15, -0.1) is 0 Å². The van der Waals surface area contributed by atoms with Gasteiger partial charge >= 0.3 is 0 Å². The van der Waals surface area contributed by atoms with Crippen LogP contribution < -0.4 is 5.73 Å². The fourth-order valence-electron chi connectivity index (χ4n) is 1.48. The van der Waals surface area contributed by atoms with Gasteiger partial charge in [0.25, 0.3) is 0 Å². The van der Waals surface area contributed by atoms with Crippen molar-refractivity contribution < 1.29 is 0 Å². The molecule has 0 aliphatic heterocycles. The van der Waals surface area contributed by atoms with Crippen LogP contribution in [0.3, 0.4) is 0 Å². The molecule has 3 nitrogen and oxygen atoms in total. The molecule has 0 unspecified atom stereocenters. The van der Waals surface area contributed by atoms with Crippen LogP contribution in [0.5, 0.6) is 0 Å². The molecule has 16 heavy (non-hydrogen) atoms. The van der Waals surface area contributed by atoms with Gasteiger partial charge in [-0.2, -0.15) is 0 Å². The summed E-state index contributed by atoms with van der Waals surface area (Å²) in [5.41, 5.74) is 8.85. The Labute approximate surface area is 95.4 Å². The van der Waals surface area contributed by atoms with Crippen LogP contribution >= 0.6 is 0 Å². The van der Waals surface area contributed by atoms with E-state index in [2.05, 4.69) is 16.9 Å². The molecule has 82 valence electrons. The lowest BCUT2D eigenvalue weighted by molar-refractivity contribution is 1.05. The summed E-state index contributed by atoms with van der Waals surface area (Å²) in [5, 5.41) is 0. The number of aromatic nitrogens is 2. The molecule has 0 atom stereocenters. The van der Waals surface area contributed by atoms with Crippen molar-refractivity contribution in [1.82, 2.24) is 9.97 Å². The van der Waals surface area contributed by atoms with Gasteiger partial charge in [-0.05, 0) is 17.5 Å². The summed E-state index contributed by atoms with van der Waals surface area (Å²) in [5.74, 6) is 0.765. The Morgan fingerprint density at radius 2 is 1.62 bits per heavy atom. The zero-order valence-corrected chi connectivity index (χ0v) is 9.35. The smallest absolute Gasteiger partial charge is 0.159 e. The summed E-state index contributed by atoms with van der Waals surface area (Å²) in [6.07, 6.45) is 4.71. The molecule has 0 radical (unpaired) electrons. The number of hydrogen-bond donors (Lipinski definition) is 1. The highest BCUT2D eigenvalue weighted by Crippen LogP contribution is 2.15. The normalized spacial score (nSPS) is 10.4. The third kappa shape index (κ3) is 2.25. The lowest BCUT2D eigenvalue weighted by atomic mass is 10.1. The first kappa shape index (κ1) is 10.8. The highest BCUT2D eigenvalue weighted by atomic mass is 14.9. The Hall–Kier alpha value is -1.74. The molecule has 0 saturated heterocycles. The summed E-state index contributed by atoms with van der Waals surface area (Å²) >= 11 is 0. The molecule has 2 N–H and O–H groups in total. The minimum Gasteiger partial charge on any atom is -0.326 e. The number of benzene rings is 1. The predicted molar refractivity (Wildman–Crippen MR) is 64.7 cm³/mol. The van der Waals surface area contributed by atoms with E-state index in [-0.39, 0.29) is 0 Å². The molecule has 1 heterocycles. The first-order chi connectivity index (χ1) is 7.83. The molecular formula is C13H15N3. The minimum atomic E-state index is 0.565. The van der Waals surface area contributed by atoms with E-state index < -0.39 is 0 Å². The first-order valence-corrected chi connectivity index (χ1v) is 5.43. The van der Waals surface area contributed by atoms with E-state index in [1.807, 2.05) is 36.7 Å². The maximum atomic E-state index is 5.55. The van der Waals surface area contributed by atoms with Crippen molar-refractivity contribution in [1.29, 1.82) is 0 Å². The van der Waals surface area contributed by atoms with Gasteiger partial charge in [0.1, 0.15) is 0 Å². The van der Waals surface area contributed by atoms with Gasteiger partial charge in [0, 0.05) is 24.5 Å². The molecule has 0 fully saturated rings. The maximum absolute atomic E-state index is 5.55. The second-order valence-corrected chi connectivity index (χ2v) is 3.67. The van der Waals surface area contributed by atoms with Crippen molar-refractivity contribution in [2.75, 3.05) is 0 Å². The Morgan fingerprint density at radius 3 is 2.12 bits per heavy atom. The molecule has 0 aliphatic carbocycles. The van der Waals surface area contributed by atoms with Crippen LogP contribution in [-0.4, -0.2) is 9.97 Å². The van der Waals surface area contributed by atoms with Gasteiger partial charge in [-0.3, -0.25) is 0 Å². The first-order valence-electron chi connectivity index (χ1n) is 5.43. The molecule has 0 spiro atoms. The largest absolute Gasteiger partial charge is 0.326 e.